The van der Waals surface area contributed by atoms with E-state index >= 15 is 0 Å². The largest absolute Gasteiger partial charge is 0.383 e. The molecule has 0 bridgehead atoms. The highest BCUT2D eigenvalue weighted by atomic mass is 19.1. The Morgan fingerprint density at radius 2 is 2.00 bits per heavy atom. The molecule has 3 nitrogen and oxygen atoms in total. The number of rotatable bonds is 9. The normalized spacial score (nSPS) is 12.7. The molecule has 21 heavy (non-hydrogen) atoms. The van der Waals surface area contributed by atoms with Crippen LogP contribution < -0.4 is 10.2 Å². The summed E-state index contributed by atoms with van der Waals surface area (Å²) < 4.78 is 19.6. The van der Waals surface area contributed by atoms with E-state index in [-0.39, 0.29) is 17.9 Å². The predicted octanol–water partition coefficient (Wildman–Crippen LogP) is 3.75. The van der Waals surface area contributed by atoms with E-state index in [9.17, 15) is 4.39 Å². The standard InChI is InChI=1S/C17H29FN2O/c1-6-10-19-14(4)15-8-7-9-16(18)17(15)20(13(2)3)11-12-21-5/h7-9,13-14,19H,6,10-12H2,1-5H3. The summed E-state index contributed by atoms with van der Waals surface area (Å²) in [5.41, 5.74) is 1.70. The van der Waals surface area contributed by atoms with E-state index in [0.29, 0.717) is 18.8 Å². The predicted molar refractivity (Wildman–Crippen MR) is 87.5 cm³/mol. The third-order valence-electron chi connectivity index (χ3n) is 3.63. The lowest BCUT2D eigenvalue weighted by Gasteiger charge is -2.32. The van der Waals surface area contributed by atoms with E-state index in [1.54, 1.807) is 13.2 Å². The molecular weight excluding hydrogens is 267 g/mol. The first-order valence-electron chi connectivity index (χ1n) is 7.80. The summed E-state index contributed by atoms with van der Waals surface area (Å²) in [5, 5.41) is 3.44. The second kappa shape index (κ2) is 9.00. The fourth-order valence-electron chi connectivity index (χ4n) is 2.47. The number of nitrogens with one attached hydrogen (secondary N) is 1. The maximum atomic E-state index is 14.5. The summed E-state index contributed by atoms with van der Waals surface area (Å²) in [5.74, 6) is -0.164. The van der Waals surface area contributed by atoms with Gasteiger partial charge in [0.05, 0.1) is 12.3 Å². The minimum atomic E-state index is -0.164. The van der Waals surface area contributed by atoms with Gasteiger partial charge in [-0.2, -0.15) is 0 Å². The molecule has 1 N–H and O–H groups in total. The zero-order valence-electron chi connectivity index (χ0n) is 13.9. The lowest BCUT2D eigenvalue weighted by atomic mass is 10.0. The molecule has 1 aromatic rings. The van der Waals surface area contributed by atoms with E-state index in [1.807, 2.05) is 6.07 Å². The summed E-state index contributed by atoms with van der Waals surface area (Å²) in [4.78, 5) is 2.08. The number of anilines is 1. The minimum absolute atomic E-state index is 0.124. The molecule has 0 amide bonds. The van der Waals surface area contributed by atoms with Gasteiger partial charge in [0.2, 0.25) is 0 Å². The molecule has 1 rings (SSSR count). The van der Waals surface area contributed by atoms with Crippen LogP contribution in [0.3, 0.4) is 0 Å². The van der Waals surface area contributed by atoms with Crippen LogP contribution in [0.2, 0.25) is 0 Å². The molecule has 120 valence electrons. The van der Waals surface area contributed by atoms with Gasteiger partial charge in [-0.3, -0.25) is 0 Å². The molecule has 0 fully saturated rings. The van der Waals surface area contributed by atoms with Crippen molar-refractivity contribution in [1.29, 1.82) is 0 Å². The molecule has 0 aromatic heterocycles. The van der Waals surface area contributed by atoms with Gasteiger partial charge in [-0.05, 0) is 45.4 Å². The Kier molecular flexibility index (Phi) is 7.68. The topological polar surface area (TPSA) is 24.5 Å². The number of hydrogen-bond donors (Lipinski definition) is 1. The zero-order chi connectivity index (χ0) is 15.8. The van der Waals surface area contributed by atoms with Crippen molar-refractivity contribution >= 4 is 5.69 Å². The SMILES string of the molecule is CCCNC(C)c1cccc(F)c1N(CCOC)C(C)C. The molecule has 0 aliphatic carbocycles. The van der Waals surface area contributed by atoms with Crippen molar-refractivity contribution < 1.29 is 9.13 Å². The third kappa shape index (κ3) is 4.97. The Morgan fingerprint density at radius 1 is 1.29 bits per heavy atom. The molecule has 0 aliphatic heterocycles. The van der Waals surface area contributed by atoms with Gasteiger partial charge < -0.3 is 15.0 Å². The highest BCUT2D eigenvalue weighted by Gasteiger charge is 2.21. The van der Waals surface area contributed by atoms with Crippen LogP contribution in [0.15, 0.2) is 18.2 Å². The van der Waals surface area contributed by atoms with Crippen LogP contribution in [-0.2, 0) is 4.74 Å². The van der Waals surface area contributed by atoms with E-state index in [0.717, 1.165) is 18.5 Å². The Labute approximate surface area is 128 Å². The molecule has 1 aromatic carbocycles. The van der Waals surface area contributed by atoms with E-state index in [1.165, 1.54) is 6.07 Å². The highest BCUT2D eigenvalue weighted by Crippen LogP contribution is 2.30. The van der Waals surface area contributed by atoms with Crippen molar-refractivity contribution in [3.05, 3.63) is 29.6 Å². The molecule has 0 aliphatic rings. The number of ether oxygens (including phenoxy) is 1. The molecule has 0 spiro atoms. The summed E-state index contributed by atoms with van der Waals surface area (Å²) in [6.07, 6.45) is 1.06. The van der Waals surface area contributed by atoms with Gasteiger partial charge in [0.1, 0.15) is 5.82 Å². The molecule has 0 saturated heterocycles. The quantitative estimate of drug-likeness (QED) is 0.751. The lowest BCUT2D eigenvalue weighted by molar-refractivity contribution is 0.203. The maximum absolute atomic E-state index is 14.5. The number of methoxy groups -OCH3 is 1. The van der Waals surface area contributed by atoms with Gasteiger partial charge in [-0.25, -0.2) is 4.39 Å². The van der Waals surface area contributed by atoms with Crippen LogP contribution >= 0.6 is 0 Å². The van der Waals surface area contributed by atoms with Crippen LogP contribution in [-0.4, -0.2) is 32.8 Å². The second-order valence-corrected chi connectivity index (χ2v) is 5.63. The molecule has 4 heteroatoms. The zero-order valence-corrected chi connectivity index (χ0v) is 13.9. The monoisotopic (exact) mass is 296 g/mol. The summed E-state index contributed by atoms with van der Waals surface area (Å²) in [6.45, 7) is 10.6. The first kappa shape index (κ1) is 17.9. The molecule has 0 radical (unpaired) electrons. The number of nitrogens with zero attached hydrogens (tertiary/aromatic N) is 1. The second-order valence-electron chi connectivity index (χ2n) is 5.63. The molecule has 1 atom stereocenters. The fraction of sp³-hybridized carbons (Fsp3) is 0.647. The summed E-state index contributed by atoms with van der Waals surface area (Å²) in [7, 11) is 1.67. The Balaban J connectivity index is 3.12. The van der Waals surface area contributed by atoms with Gasteiger partial charge >= 0.3 is 0 Å². The Bertz CT molecular complexity index is 423. The van der Waals surface area contributed by atoms with Gasteiger partial charge in [0, 0.05) is 25.7 Å². The first-order valence-corrected chi connectivity index (χ1v) is 7.80. The van der Waals surface area contributed by atoms with Gasteiger partial charge in [-0.15, -0.1) is 0 Å². The van der Waals surface area contributed by atoms with Crippen molar-refractivity contribution in [3.63, 3.8) is 0 Å². The number of hydrogen-bond acceptors (Lipinski definition) is 3. The molecule has 0 heterocycles. The van der Waals surface area contributed by atoms with Crippen molar-refractivity contribution in [2.24, 2.45) is 0 Å². The van der Waals surface area contributed by atoms with Crippen LogP contribution in [0, 0.1) is 5.82 Å². The van der Waals surface area contributed by atoms with Crippen LogP contribution in [0.1, 0.15) is 45.7 Å². The maximum Gasteiger partial charge on any atom is 0.146 e. The molecule has 0 saturated carbocycles. The van der Waals surface area contributed by atoms with Gasteiger partial charge in [0.25, 0.3) is 0 Å². The van der Waals surface area contributed by atoms with Crippen molar-refractivity contribution in [1.82, 2.24) is 5.32 Å². The number of para-hydroxylation sites is 1. The smallest absolute Gasteiger partial charge is 0.146 e. The average molecular weight is 296 g/mol. The Hall–Kier alpha value is -1.13. The van der Waals surface area contributed by atoms with Gasteiger partial charge in [-0.1, -0.05) is 19.1 Å². The highest BCUT2D eigenvalue weighted by molar-refractivity contribution is 5.56. The Morgan fingerprint density at radius 3 is 2.57 bits per heavy atom. The average Bonchev–Trinajstić information content (AvgIpc) is 2.46. The third-order valence-corrected chi connectivity index (χ3v) is 3.63. The van der Waals surface area contributed by atoms with Crippen LogP contribution in [0.4, 0.5) is 10.1 Å². The van der Waals surface area contributed by atoms with Gasteiger partial charge in [0.15, 0.2) is 0 Å². The molecular formula is C17H29FN2O. The van der Waals surface area contributed by atoms with E-state index < -0.39 is 0 Å². The summed E-state index contributed by atoms with van der Waals surface area (Å²) >= 11 is 0. The minimum Gasteiger partial charge on any atom is -0.383 e. The molecule has 1 unspecified atom stereocenters. The number of halogens is 1. The van der Waals surface area contributed by atoms with E-state index in [4.69, 9.17) is 4.74 Å². The van der Waals surface area contributed by atoms with Crippen LogP contribution in [0.5, 0.6) is 0 Å². The first-order chi connectivity index (χ1) is 10.0. The fourth-order valence-corrected chi connectivity index (χ4v) is 2.47. The van der Waals surface area contributed by atoms with Crippen LogP contribution in [0.25, 0.3) is 0 Å². The lowest BCUT2D eigenvalue weighted by Crippen LogP contribution is -2.36. The number of benzene rings is 1. The van der Waals surface area contributed by atoms with Crippen molar-refractivity contribution in [2.45, 2.75) is 46.2 Å². The summed E-state index contributed by atoms with van der Waals surface area (Å²) in [6, 6.07) is 5.67. The van der Waals surface area contributed by atoms with E-state index in [2.05, 4.69) is 37.9 Å². The van der Waals surface area contributed by atoms with Crippen molar-refractivity contribution in [3.8, 4) is 0 Å². The van der Waals surface area contributed by atoms with Crippen molar-refractivity contribution in [2.75, 3.05) is 31.7 Å².